The second-order valence-corrected chi connectivity index (χ2v) is 13.1. The molecule has 1 aromatic carbocycles. The molecule has 0 spiro atoms. The van der Waals surface area contributed by atoms with E-state index < -0.39 is 8.07 Å². The van der Waals surface area contributed by atoms with Gasteiger partial charge in [-0.2, -0.15) is 5.10 Å². The Bertz CT molecular complexity index is 657. The van der Waals surface area contributed by atoms with Crippen LogP contribution in [0, 0.1) is 0 Å². The van der Waals surface area contributed by atoms with Gasteiger partial charge in [0.05, 0.1) is 0 Å². The summed E-state index contributed by atoms with van der Waals surface area (Å²) in [5.74, 6) is 2.50. The molecule has 1 aromatic heterocycles. The Hall–Kier alpha value is -1.66. The van der Waals surface area contributed by atoms with Gasteiger partial charge >= 0.3 is 0 Å². The highest BCUT2D eigenvalue weighted by Crippen LogP contribution is 2.39. The maximum atomic E-state index is 9.46. The van der Waals surface area contributed by atoms with Crippen molar-refractivity contribution in [3.63, 3.8) is 0 Å². The lowest BCUT2D eigenvalue weighted by Gasteiger charge is -2.15. The number of phenolic OH excluding ortho intramolecular Hbond substituents is 1. The van der Waals surface area contributed by atoms with Crippen LogP contribution in [0.5, 0.6) is 5.75 Å². The number of phenols is 1. The fourth-order valence-corrected chi connectivity index (χ4v) is 3.07. The SMILES string of the molecule is C[Si](C)(C)CCOCn1nc(C2CC2)nc1-c1ccc(O)cc1. The second kappa shape index (κ2) is 6.45. The first-order chi connectivity index (χ1) is 10.9. The van der Waals surface area contributed by atoms with E-state index >= 15 is 0 Å². The van der Waals surface area contributed by atoms with Crippen LogP contribution in [0.15, 0.2) is 24.3 Å². The number of nitrogens with zero attached hydrogens (tertiary/aromatic N) is 3. The van der Waals surface area contributed by atoms with Gasteiger partial charge in [-0.3, -0.25) is 0 Å². The number of hydrogen-bond acceptors (Lipinski definition) is 4. The van der Waals surface area contributed by atoms with E-state index in [1.807, 2.05) is 16.8 Å². The first kappa shape index (κ1) is 16.2. The van der Waals surface area contributed by atoms with Gasteiger partial charge in [0.15, 0.2) is 11.6 Å². The minimum atomic E-state index is -1.08. The Morgan fingerprint density at radius 3 is 2.52 bits per heavy atom. The van der Waals surface area contributed by atoms with Gasteiger partial charge in [-0.1, -0.05) is 19.6 Å². The van der Waals surface area contributed by atoms with Gasteiger partial charge in [0, 0.05) is 26.2 Å². The number of benzene rings is 1. The summed E-state index contributed by atoms with van der Waals surface area (Å²) in [4.78, 5) is 4.70. The van der Waals surface area contributed by atoms with Gasteiger partial charge in [-0.25, -0.2) is 9.67 Å². The molecule has 0 atom stereocenters. The summed E-state index contributed by atoms with van der Waals surface area (Å²) in [6.07, 6.45) is 2.35. The van der Waals surface area contributed by atoms with Crippen molar-refractivity contribution < 1.29 is 9.84 Å². The zero-order chi connectivity index (χ0) is 16.4. The van der Waals surface area contributed by atoms with E-state index in [0.29, 0.717) is 12.6 Å². The zero-order valence-corrected chi connectivity index (χ0v) is 15.1. The molecule has 2 aromatic rings. The molecule has 1 N–H and O–H groups in total. The van der Waals surface area contributed by atoms with Gasteiger partial charge in [0.25, 0.3) is 0 Å². The van der Waals surface area contributed by atoms with Crippen LogP contribution in [-0.2, 0) is 11.5 Å². The van der Waals surface area contributed by atoms with Gasteiger partial charge in [-0.15, -0.1) is 0 Å². The number of aromatic nitrogens is 3. The smallest absolute Gasteiger partial charge is 0.160 e. The number of hydrogen-bond donors (Lipinski definition) is 1. The lowest BCUT2D eigenvalue weighted by Crippen LogP contribution is -2.22. The molecule has 0 radical (unpaired) electrons. The van der Waals surface area contributed by atoms with Crippen molar-refractivity contribution in [1.29, 1.82) is 0 Å². The summed E-state index contributed by atoms with van der Waals surface area (Å²) in [6.45, 7) is 8.24. The summed E-state index contributed by atoms with van der Waals surface area (Å²) >= 11 is 0. The summed E-state index contributed by atoms with van der Waals surface area (Å²) in [7, 11) is -1.08. The molecule has 0 aliphatic heterocycles. The van der Waals surface area contributed by atoms with Crippen LogP contribution in [0.3, 0.4) is 0 Å². The Morgan fingerprint density at radius 1 is 1.22 bits per heavy atom. The zero-order valence-electron chi connectivity index (χ0n) is 14.1. The van der Waals surface area contributed by atoms with E-state index in [1.165, 1.54) is 12.8 Å². The first-order valence-electron chi connectivity index (χ1n) is 8.24. The fourth-order valence-electron chi connectivity index (χ4n) is 2.32. The molecule has 1 fully saturated rings. The molecule has 23 heavy (non-hydrogen) atoms. The van der Waals surface area contributed by atoms with Crippen LogP contribution in [-0.4, -0.2) is 34.6 Å². The third-order valence-electron chi connectivity index (χ3n) is 3.97. The number of aromatic hydroxyl groups is 1. The minimum Gasteiger partial charge on any atom is -0.508 e. The molecule has 1 aliphatic carbocycles. The molecular weight excluding hydrogens is 306 g/mol. The van der Waals surface area contributed by atoms with E-state index in [9.17, 15) is 5.11 Å². The molecule has 1 heterocycles. The lowest BCUT2D eigenvalue weighted by atomic mass is 10.2. The predicted molar refractivity (Wildman–Crippen MR) is 93.2 cm³/mol. The maximum Gasteiger partial charge on any atom is 0.160 e. The highest BCUT2D eigenvalue weighted by atomic mass is 28.3. The molecule has 3 rings (SSSR count). The third kappa shape index (κ3) is 4.42. The summed E-state index contributed by atoms with van der Waals surface area (Å²) in [6, 6.07) is 8.24. The second-order valence-electron chi connectivity index (χ2n) is 7.46. The van der Waals surface area contributed by atoms with Crippen molar-refractivity contribution >= 4 is 8.07 Å². The molecule has 0 saturated heterocycles. The van der Waals surface area contributed by atoms with Crippen LogP contribution in [0.1, 0.15) is 24.6 Å². The molecule has 5 nitrogen and oxygen atoms in total. The maximum absolute atomic E-state index is 9.46. The fraction of sp³-hybridized carbons (Fsp3) is 0.529. The van der Waals surface area contributed by atoms with E-state index in [0.717, 1.165) is 29.9 Å². The highest BCUT2D eigenvalue weighted by molar-refractivity contribution is 6.76. The third-order valence-corrected chi connectivity index (χ3v) is 5.67. The normalized spacial score (nSPS) is 15.1. The van der Waals surface area contributed by atoms with Crippen molar-refractivity contribution in [2.75, 3.05) is 6.61 Å². The quantitative estimate of drug-likeness (QED) is 0.618. The predicted octanol–water partition coefficient (Wildman–Crippen LogP) is 3.84. The average Bonchev–Trinajstić information content (AvgIpc) is 3.25. The van der Waals surface area contributed by atoms with E-state index in [1.54, 1.807) is 12.1 Å². The van der Waals surface area contributed by atoms with Crippen LogP contribution in [0.4, 0.5) is 0 Å². The standard InChI is InChI=1S/C17H25N3O2Si/c1-23(2,3)11-10-22-12-20-17(14-6-8-15(21)9-7-14)18-16(19-20)13-4-5-13/h6-9,13,21H,4-5,10-12H2,1-3H3. The van der Waals surface area contributed by atoms with Gasteiger partial charge in [-0.05, 0) is 43.2 Å². The van der Waals surface area contributed by atoms with Gasteiger partial charge < -0.3 is 9.84 Å². The van der Waals surface area contributed by atoms with Crippen LogP contribution in [0.25, 0.3) is 11.4 Å². The summed E-state index contributed by atoms with van der Waals surface area (Å²) in [5, 5.41) is 14.1. The Balaban J connectivity index is 1.74. The van der Waals surface area contributed by atoms with E-state index in [-0.39, 0.29) is 5.75 Å². The van der Waals surface area contributed by atoms with Crippen molar-refractivity contribution in [3.05, 3.63) is 30.1 Å². The monoisotopic (exact) mass is 331 g/mol. The highest BCUT2D eigenvalue weighted by Gasteiger charge is 2.29. The Labute approximate surface area is 138 Å². The van der Waals surface area contributed by atoms with Crippen LogP contribution in [0.2, 0.25) is 25.7 Å². The molecule has 1 saturated carbocycles. The van der Waals surface area contributed by atoms with Gasteiger partial charge in [0.1, 0.15) is 12.5 Å². The van der Waals surface area contributed by atoms with Crippen molar-refractivity contribution in [2.45, 2.75) is 51.2 Å². The van der Waals surface area contributed by atoms with Gasteiger partial charge in [0.2, 0.25) is 0 Å². The molecule has 1 aliphatic rings. The van der Waals surface area contributed by atoms with E-state index in [4.69, 9.17) is 9.72 Å². The van der Waals surface area contributed by atoms with Crippen molar-refractivity contribution in [3.8, 4) is 17.1 Å². The van der Waals surface area contributed by atoms with Crippen LogP contribution >= 0.6 is 0 Å². The summed E-state index contributed by atoms with van der Waals surface area (Å²) in [5.41, 5.74) is 0.955. The number of rotatable bonds is 7. The minimum absolute atomic E-state index is 0.258. The first-order valence-corrected chi connectivity index (χ1v) is 11.9. The Morgan fingerprint density at radius 2 is 1.91 bits per heavy atom. The molecule has 124 valence electrons. The van der Waals surface area contributed by atoms with Crippen molar-refractivity contribution in [1.82, 2.24) is 14.8 Å². The lowest BCUT2D eigenvalue weighted by molar-refractivity contribution is 0.0793. The molecular formula is C17H25N3O2Si. The topological polar surface area (TPSA) is 60.2 Å². The Kier molecular flexibility index (Phi) is 4.54. The van der Waals surface area contributed by atoms with Crippen molar-refractivity contribution in [2.24, 2.45) is 0 Å². The summed E-state index contributed by atoms with van der Waals surface area (Å²) < 4.78 is 7.69. The molecule has 0 amide bonds. The van der Waals surface area contributed by atoms with E-state index in [2.05, 4.69) is 24.7 Å². The molecule has 0 unspecified atom stereocenters. The number of ether oxygens (including phenoxy) is 1. The molecule has 6 heteroatoms. The molecule has 0 bridgehead atoms. The largest absolute Gasteiger partial charge is 0.508 e. The average molecular weight is 331 g/mol. The van der Waals surface area contributed by atoms with Crippen LogP contribution < -0.4 is 0 Å².